The Morgan fingerprint density at radius 2 is 1.80 bits per heavy atom. The number of aromatic nitrogens is 1. The van der Waals surface area contributed by atoms with Crippen LogP contribution in [0.4, 0.5) is 5.13 Å². The van der Waals surface area contributed by atoms with Crippen LogP contribution in [0.2, 0.25) is 0 Å². The number of benzene rings is 2. The molecule has 1 atom stereocenters. The zero-order chi connectivity index (χ0) is 29.7. The van der Waals surface area contributed by atoms with E-state index in [0.29, 0.717) is 38.6 Å². The van der Waals surface area contributed by atoms with E-state index in [9.17, 15) is 14.4 Å². The second kappa shape index (κ2) is 12.9. The average Bonchev–Trinajstić information content (AvgIpc) is 3.34. The third-order valence-corrected chi connectivity index (χ3v) is 7.14. The predicted octanol–water partition coefficient (Wildman–Crippen LogP) is 5.85. The number of anilines is 1. The first-order valence-electron chi connectivity index (χ1n) is 13.1. The van der Waals surface area contributed by atoms with Crippen LogP contribution in [0.15, 0.2) is 51.7 Å². The van der Waals surface area contributed by atoms with E-state index in [1.807, 2.05) is 13.8 Å². The van der Waals surface area contributed by atoms with Crippen LogP contribution in [-0.4, -0.2) is 43.8 Å². The molecule has 2 aromatic heterocycles. The summed E-state index contributed by atoms with van der Waals surface area (Å²) in [6.45, 7) is 7.58. The lowest BCUT2D eigenvalue weighted by atomic mass is 10.1. The Labute approximate surface area is 241 Å². The number of hydrogen-bond donors (Lipinski definition) is 1. The van der Waals surface area contributed by atoms with Gasteiger partial charge in [-0.05, 0) is 49.6 Å². The number of carbonyl (C=O) groups excluding carboxylic acids is 2. The Morgan fingerprint density at radius 1 is 1.07 bits per heavy atom. The third-order valence-electron chi connectivity index (χ3n) is 6.09. The fraction of sp³-hybridized carbons (Fsp3) is 0.333. The lowest BCUT2D eigenvalue weighted by Gasteiger charge is -2.18. The summed E-state index contributed by atoms with van der Waals surface area (Å²) in [7, 11) is 3.02. The second-order valence-electron chi connectivity index (χ2n) is 9.59. The van der Waals surface area contributed by atoms with Crippen LogP contribution in [0, 0.1) is 12.8 Å². The molecule has 216 valence electrons. The highest BCUT2D eigenvalue weighted by Crippen LogP contribution is 2.37. The van der Waals surface area contributed by atoms with Crippen LogP contribution in [-0.2, 0) is 9.53 Å². The first-order valence-corrected chi connectivity index (χ1v) is 13.9. The van der Waals surface area contributed by atoms with Gasteiger partial charge in [-0.2, -0.15) is 0 Å². The number of esters is 1. The third kappa shape index (κ3) is 6.51. The largest absolute Gasteiger partial charge is 0.493 e. The minimum atomic E-state index is -1.07. The molecule has 0 aliphatic heterocycles. The molecule has 0 aliphatic rings. The summed E-state index contributed by atoms with van der Waals surface area (Å²) in [5, 5.41) is 3.24. The molecule has 1 amide bonds. The SMILES string of the molecule is CCC(Oc1c(-c2ccc(OC)c(OC)c2)oc2ccccc2c1=O)C(=O)Nc1nc(C)c(C(=O)OCC(C)C)s1. The van der Waals surface area contributed by atoms with Gasteiger partial charge in [-0.3, -0.25) is 14.9 Å². The van der Waals surface area contributed by atoms with E-state index in [4.69, 9.17) is 23.4 Å². The van der Waals surface area contributed by atoms with E-state index in [1.165, 1.54) is 14.2 Å². The summed E-state index contributed by atoms with van der Waals surface area (Å²) >= 11 is 1.02. The number of aryl methyl sites for hydroxylation is 1. The Hall–Kier alpha value is -4.38. The monoisotopic (exact) mass is 580 g/mol. The Kier molecular flexibility index (Phi) is 9.28. The van der Waals surface area contributed by atoms with Crippen molar-refractivity contribution in [2.24, 2.45) is 5.92 Å². The number of ether oxygens (including phenoxy) is 4. The van der Waals surface area contributed by atoms with Gasteiger partial charge < -0.3 is 23.4 Å². The van der Waals surface area contributed by atoms with Crippen LogP contribution in [0.5, 0.6) is 17.2 Å². The zero-order valence-corrected chi connectivity index (χ0v) is 24.5. The lowest BCUT2D eigenvalue weighted by Crippen LogP contribution is -2.34. The topological polar surface area (TPSA) is 126 Å². The molecule has 0 saturated carbocycles. The van der Waals surface area contributed by atoms with Crippen LogP contribution < -0.4 is 25.0 Å². The van der Waals surface area contributed by atoms with Gasteiger partial charge in [0.15, 0.2) is 28.5 Å². The van der Waals surface area contributed by atoms with Gasteiger partial charge in [0, 0.05) is 5.56 Å². The fourth-order valence-corrected chi connectivity index (χ4v) is 4.86. The second-order valence-corrected chi connectivity index (χ2v) is 10.6. The van der Waals surface area contributed by atoms with Gasteiger partial charge in [0.2, 0.25) is 11.2 Å². The van der Waals surface area contributed by atoms with Crippen molar-refractivity contribution in [1.29, 1.82) is 0 Å². The maximum Gasteiger partial charge on any atom is 0.350 e. The van der Waals surface area contributed by atoms with Gasteiger partial charge in [0.05, 0.1) is 31.9 Å². The van der Waals surface area contributed by atoms with Gasteiger partial charge in [-0.1, -0.05) is 44.2 Å². The molecular formula is C30H32N2O8S. The van der Waals surface area contributed by atoms with E-state index in [0.717, 1.165) is 11.3 Å². The molecule has 2 aromatic carbocycles. The summed E-state index contributed by atoms with van der Waals surface area (Å²) in [5.41, 5.74) is 0.875. The van der Waals surface area contributed by atoms with Crippen LogP contribution in [0.1, 0.15) is 42.6 Å². The van der Waals surface area contributed by atoms with Crippen molar-refractivity contribution in [2.45, 2.75) is 40.2 Å². The van der Waals surface area contributed by atoms with Crippen molar-refractivity contribution in [3.8, 4) is 28.6 Å². The normalized spacial score (nSPS) is 11.8. The number of thiazole rings is 1. The summed E-state index contributed by atoms with van der Waals surface area (Å²) < 4.78 is 28.3. The first-order chi connectivity index (χ1) is 19.7. The number of carbonyl (C=O) groups is 2. The Balaban J connectivity index is 1.67. The van der Waals surface area contributed by atoms with E-state index in [1.54, 1.807) is 56.3 Å². The van der Waals surface area contributed by atoms with Crippen molar-refractivity contribution in [3.63, 3.8) is 0 Å². The summed E-state index contributed by atoms with van der Waals surface area (Å²) in [6, 6.07) is 11.9. The fourth-order valence-electron chi connectivity index (χ4n) is 4.00. The van der Waals surface area contributed by atoms with Gasteiger partial charge in [-0.15, -0.1) is 0 Å². The zero-order valence-electron chi connectivity index (χ0n) is 23.7. The maximum atomic E-state index is 13.6. The van der Waals surface area contributed by atoms with E-state index < -0.39 is 23.4 Å². The number of fused-ring (bicyclic) bond motifs is 1. The van der Waals surface area contributed by atoms with Crippen molar-refractivity contribution < 1.29 is 33.0 Å². The Morgan fingerprint density at radius 3 is 2.49 bits per heavy atom. The number of amides is 1. The highest BCUT2D eigenvalue weighted by molar-refractivity contribution is 7.17. The average molecular weight is 581 g/mol. The molecule has 0 bridgehead atoms. The highest BCUT2D eigenvalue weighted by Gasteiger charge is 2.27. The van der Waals surface area contributed by atoms with E-state index in [2.05, 4.69) is 10.3 Å². The van der Waals surface area contributed by atoms with Gasteiger partial charge in [-0.25, -0.2) is 9.78 Å². The molecule has 0 spiro atoms. The number of rotatable bonds is 11. The predicted molar refractivity (Wildman–Crippen MR) is 156 cm³/mol. The van der Waals surface area contributed by atoms with E-state index >= 15 is 0 Å². The van der Waals surface area contributed by atoms with Crippen molar-refractivity contribution in [1.82, 2.24) is 4.98 Å². The molecule has 11 heteroatoms. The summed E-state index contributed by atoms with van der Waals surface area (Å²) in [5.74, 6) is 0.107. The molecule has 4 aromatic rings. The van der Waals surface area contributed by atoms with Crippen LogP contribution in [0.3, 0.4) is 0 Å². The number of nitrogens with zero attached hydrogens (tertiary/aromatic N) is 1. The number of para-hydroxylation sites is 1. The summed E-state index contributed by atoms with van der Waals surface area (Å²) in [4.78, 5) is 44.0. The molecular weight excluding hydrogens is 548 g/mol. The minimum Gasteiger partial charge on any atom is -0.493 e. The molecule has 4 rings (SSSR count). The maximum absolute atomic E-state index is 13.6. The molecule has 1 N–H and O–H groups in total. The quantitative estimate of drug-likeness (QED) is 0.217. The molecule has 2 heterocycles. The molecule has 0 radical (unpaired) electrons. The number of methoxy groups -OCH3 is 2. The molecule has 0 fully saturated rings. The standard InChI is InChI=1S/C30H32N2O8S/c1-7-20(28(34)32-30-31-17(4)27(41-30)29(35)38-15-16(2)3)39-26-24(33)19-10-8-9-11-21(19)40-25(26)18-12-13-22(36-5)23(14-18)37-6/h8-14,16,20H,7,15H2,1-6H3,(H,31,32,34). The number of hydrogen-bond acceptors (Lipinski definition) is 10. The summed E-state index contributed by atoms with van der Waals surface area (Å²) in [6.07, 6.45) is -0.838. The molecule has 0 aliphatic carbocycles. The number of nitrogens with one attached hydrogen (secondary N) is 1. The minimum absolute atomic E-state index is 0.119. The first kappa shape index (κ1) is 29.6. The Bertz CT molecular complexity index is 1620. The molecule has 41 heavy (non-hydrogen) atoms. The van der Waals surface area contributed by atoms with Gasteiger partial charge in [0.1, 0.15) is 10.5 Å². The molecule has 0 saturated heterocycles. The van der Waals surface area contributed by atoms with Crippen molar-refractivity contribution in [3.05, 3.63) is 63.3 Å². The molecule has 10 nitrogen and oxygen atoms in total. The van der Waals surface area contributed by atoms with Crippen molar-refractivity contribution in [2.75, 3.05) is 26.1 Å². The van der Waals surface area contributed by atoms with E-state index in [-0.39, 0.29) is 35.6 Å². The van der Waals surface area contributed by atoms with Crippen LogP contribution >= 0.6 is 11.3 Å². The highest BCUT2D eigenvalue weighted by atomic mass is 32.1. The van der Waals surface area contributed by atoms with Gasteiger partial charge >= 0.3 is 5.97 Å². The molecule has 1 unspecified atom stereocenters. The van der Waals surface area contributed by atoms with Gasteiger partial charge in [0.25, 0.3) is 5.91 Å². The smallest absolute Gasteiger partial charge is 0.350 e. The van der Waals surface area contributed by atoms with Crippen LogP contribution in [0.25, 0.3) is 22.3 Å². The lowest BCUT2D eigenvalue weighted by molar-refractivity contribution is -0.122. The van der Waals surface area contributed by atoms with Crippen molar-refractivity contribution >= 4 is 39.3 Å².